The minimum atomic E-state index is -1.88. The molecule has 0 bridgehead atoms. The molecular formula is C20H34OSi. The fraction of sp³-hybridized carbons (Fsp3) is 0.600. The molecule has 0 aliphatic carbocycles. The van der Waals surface area contributed by atoms with Gasteiger partial charge in [0.05, 0.1) is 6.10 Å². The van der Waals surface area contributed by atoms with Crippen molar-refractivity contribution >= 4 is 8.32 Å². The van der Waals surface area contributed by atoms with Crippen molar-refractivity contribution in [1.29, 1.82) is 0 Å². The predicted molar refractivity (Wildman–Crippen MR) is 101 cm³/mol. The molecule has 0 N–H and O–H groups in total. The van der Waals surface area contributed by atoms with Gasteiger partial charge in [0, 0.05) is 0 Å². The smallest absolute Gasteiger partial charge is 0.201 e. The van der Waals surface area contributed by atoms with Crippen molar-refractivity contribution in [2.24, 2.45) is 0 Å². The van der Waals surface area contributed by atoms with Crippen molar-refractivity contribution in [3.05, 3.63) is 48.0 Å². The Balaban J connectivity index is 3.21. The van der Waals surface area contributed by atoms with E-state index < -0.39 is 8.32 Å². The van der Waals surface area contributed by atoms with Gasteiger partial charge in [-0.25, -0.2) is 0 Å². The first kappa shape index (κ1) is 19.2. The molecule has 0 saturated carbocycles. The highest BCUT2D eigenvalue weighted by molar-refractivity contribution is 6.77. The van der Waals surface area contributed by atoms with Crippen LogP contribution in [0.1, 0.15) is 66.6 Å². The summed E-state index contributed by atoms with van der Waals surface area (Å²) in [6, 6.07) is 10.7. The molecule has 1 unspecified atom stereocenters. The minimum Gasteiger partial charge on any atom is -0.409 e. The third kappa shape index (κ3) is 4.33. The Labute approximate surface area is 138 Å². The second-order valence-corrected chi connectivity index (χ2v) is 12.9. The van der Waals surface area contributed by atoms with Gasteiger partial charge >= 0.3 is 0 Å². The maximum atomic E-state index is 7.00. The average molecular weight is 319 g/mol. The summed E-state index contributed by atoms with van der Waals surface area (Å²) in [7, 11) is -1.88. The van der Waals surface area contributed by atoms with E-state index in [-0.39, 0.29) is 6.10 Å². The first-order valence-electron chi connectivity index (χ1n) is 8.58. The van der Waals surface area contributed by atoms with Crippen molar-refractivity contribution in [3.63, 3.8) is 0 Å². The first-order chi connectivity index (χ1) is 10.2. The van der Waals surface area contributed by atoms with Gasteiger partial charge in [0.1, 0.15) is 0 Å². The molecule has 22 heavy (non-hydrogen) atoms. The minimum absolute atomic E-state index is 0.137. The van der Waals surface area contributed by atoms with Crippen LogP contribution < -0.4 is 0 Å². The second-order valence-electron chi connectivity index (χ2n) is 7.50. The Hall–Kier alpha value is -0.863. The standard InChI is InChI=1S/C20H34OSi/c1-15(2)14-20(19-12-10-9-11-13-19)21-22(16(3)4,17(5)6)18(7)8/h9-13,16-18,20H,1,14H2,2-8H3. The summed E-state index contributed by atoms with van der Waals surface area (Å²) >= 11 is 0. The lowest BCUT2D eigenvalue weighted by molar-refractivity contribution is 0.176. The van der Waals surface area contributed by atoms with Gasteiger partial charge in [-0.1, -0.05) is 77.4 Å². The van der Waals surface area contributed by atoms with Crippen molar-refractivity contribution < 1.29 is 4.43 Å². The molecule has 0 saturated heterocycles. The van der Waals surface area contributed by atoms with E-state index in [1.807, 2.05) is 0 Å². The summed E-state index contributed by atoms with van der Waals surface area (Å²) in [5.41, 5.74) is 4.27. The van der Waals surface area contributed by atoms with Crippen molar-refractivity contribution in [1.82, 2.24) is 0 Å². The van der Waals surface area contributed by atoms with Crippen LogP contribution in [0.25, 0.3) is 0 Å². The normalized spacial score (nSPS) is 13.9. The molecule has 1 nitrogen and oxygen atoms in total. The van der Waals surface area contributed by atoms with Gasteiger partial charge in [-0.05, 0) is 35.5 Å². The third-order valence-corrected chi connectivity index (χ3v) is 10.9. The number of rotatable bonds is 8. The molecule has 0 aliphatic heterocycles. The van der Waals surface area contributed by atoms with Crippen molar-refractivity contribution in [3.8, 4) is 0 Å². The predicted octanol–water partition coefficient (Wildman–Crippen LogP) is 6.89. The Kier molecular flexibility index (Phi) is 7.08. The summed E-state index contributed by atoms with van der Waals surface area (Å²) < 4.78 is 7.00. The Morgan fingerprint density at radius 3 is 1.77 bits per heavy atom. The van der Waals surface area contributed by atoms with Crippen LogP contribution in [0.2, 0.25) is 16.6 Å². The van der Waals surface area contributed by atoms with Crippen molar-refractivity contribution in [2.75, 3.05) is 0 Å². The van der Waals surface area contributed by atoms with E-state index in [0.29, 0.717) is 16.6 Å². The number of hydrogen-bond acceptors (Lipinski definition) is 1. The van der Waals surface area contributed by atoms with Crippen LogP contribution in [-0.4, -0.2) is 8.32 Å². The largest absolute Gasteiger partial charge is 0.409 e. The van der Waals surface area contributed by atoms with Gasteiger partial charge in [0.25, 0.3) is 0 Å². The van der Waals surface area contributed by atoms with Gasteiger partial charge < -0.3 is 4.43 Å². The van der Waals surface area contributed by atoms with Gasteiger partial charge in [0.2, 0.25) is 8.32 Å². The molecule has 0 aliphatic rings. The molecule has 1 atom stereocenters. The fourth-order valence-corrected chi connectivity index (χ4v) is 9.40. The maximum absolute atomic E-state index is 7.00. The molecule has 1 aromatic carbocycles. The van der Waals surface area contributed by atoms with E-state index in [0.717, 1.165) is 6.42 Å². The van der Waals surface area contributed by atoms with E-state index in [1.54, 1.807) is 0 Å². The molecule has 2 heteroatoms. The Bertz CT molecular complexity index is 440. The highest BCUT2D eigenvalue weighted by Crippen LogP contribution is 2.46. The molecule has 0 spiro atoms. The van der Waals surface area contributed by atoms with E-state index in [1.165, 1.54) is 11.1 Å². The molecule has 0 fully saturated rings. The van der Waals surface area contributed by atoms with Crippen LogP contribution in [-0.2, 0) is 4.43 Å². The number of benzene rings is 1. The maximum Gasteiger partial charge on any atom is 0.201 e. The lowest BCUT2D eigenvalue weighted by Gasteiger charge is -2.45. The van der Waals surface area contributed by atoms with Crippen LogP contribution >= 0.6 is 0 Å². The zero-order valence-corrected chi connectivity index (χ0v) is 16.5. The van der Waals surface area contributed by atoms with E-state index in [9.17, 15) is 0 Å². The molecule has 1 aromatic rings. The topological polar surface area (TPSA) is 9.23 Å². The highest BCUT2D eigenvalue weighted by atomic mass is 28.4. The van der Waals surface area contributed by atoms with Crippen LogP contribution in [0.3, 0.4) is 0 Å². The quantitative estimate of drug-likeness (QED) is 0.375. The zero-order chi connectivity index (χ0) is 16.9. The molecule has 0 heterocycles. The van der Waals surface area contributed by atoms with Gasteiger partial charge in [-0.2, -0.15) is 0 Å². The third-order valence-electron chi connectivity index (χ3n) is 4.76. The summed E-state index contributed by atoms with van der Waals surface area (Å²) in [5.74, 6) is 0. The van der Waals surface area contributed by atoms with Crippen LogP contribution in [0.15, 0.2) is 42.5 Å². The summed E-state index contributed by atoms with van der Waals surface area (Å²) in [4.78, 5) is 0. The summed E-state index contributed by atoms with van der Waals surface area (Å²) in [6.45, 7) is 20.3. The second kappa shape index (κ2) is 8.12. The molecule has 0 amide bonds. The lowest BCUT2D eigenvalue weighted by Crippen LogP contribution is -2.48. The highest BCUT2D eigenvalue weighted by Gasteiger charge is 2.46. The number of hydrogen-bond donors (Lipinski definition) is 0. The van der Waals surface area contributed by atoms with E-state index in [4.69, 9.17) is 4.43 Å². The molecule has 0 radical (unpaired) electrons. The van der Waals surface area contributed by atoms with E-state index >= 15 is 0 Å². The molecule has 1 rings (SSSR count). The zero-order valence-electron chi connectivity index (χ0n) is 15.5. The van der Waals surface area contributed by atoms with Crippen LogP contribution in [0.5, 0.6) is 0 Å². The van der Waals surface area contributed by atoms with Crippen molar-refractivity contribution in [2.45, 2.75) is 77.6 Å². The summed E-state index contributed by atoms with van der Waals surface area (Å²) in [6.07, 6.45) is 1.04. The van der Waals surface area contributed by atoms with Gasteiger partial charge in [-0.15, -0.1) is 6.58 Å². The monoisotopic (exact) mass is 318 g/mol. The molecular weight excluding hydrogens is 284 g/mol. The SMILES string of the molecule is C=C(C)CC(O[Si](C(C)C)(C(C)C)C(C)C)c1ccccc1. The Morgan fingerprint density at radius 2 is 1.41 bits per heavy atom. The molecule has 0 aromatic heterocycles. The average Bonchev–Trinajstić information content (AvgIpc) is 2.42. The van der Waals surface area contributed by atoms with Crippen LogP contribution in [0, 0.1) is 0 Å². The Morgan fingerprint density at radius 1 is 0.955 bits per heavy atom. The van der Waals surface area contributed by atoms with Gasteiger partial charge in [0.15, 0.2) is 0 Å². The van der Waals surface area contributed by atoms with E-state index in [2.05, 4.69) is 85.4 Å². The first-order valence-corrected chi connectivity index (χ1v) is 10.7. The lowest BCUT2D eigenvalue weighted by atomic mass is 10.0. The van der Waals surface area contributed by atoms with Gasteiger partial charge in [-0.3, -0.25) is 0 Å². The fourth-order valence-electron chi connectivity index (χ4n) is 3.87. The van der Waals surface area contributed by atoms with Crippen LogP contribution in [0.4, 0.5) is 0 Å². The summed E-state index contributed by atoms with van der Waals surface area (Å²) in [5, 5.41) is 0. The molecule has 124 valence electrons.